The van der Waals surface area contributed by atoms with Gasteiger partial charge in [0, 0.05) is 12.1 Å². The second kappa shape index (κ2) is 8.06. The molecule has 1 unspecified atom stereocenters. The predicted molar refractivity (Wildman–Crippen MR) is 127 cm³/mol. The van der Waals surface area contributed by atoms with Gasteiger partial charge in [-0.15, -0.1) is 10.2 Å². The SMILES string of the molecule is Cc1ccc(-c2ccc(S(=O)(=O)C3CCNC3)c(S(N)(=O)=O)c2-c2nn[nH]n2)c2nc(N)sc12. The van der Waals surface area contributed by atoms with Crippen LogP contribution in [-0.4, -0.2) is 60.8 Å². The van der Waals surface area contributed by atoms with Crippen LogP contribution in [0.4, 0.5) is 5.13 Å². The minimum atomic E-state index is -4.55. The highest BCUT2D eigenvalue weighted by atomic mass is 32.2. The summed E-state index contributed by atoms with van der Waals surface area (Å²) >= 11 is 1.30. The van der Waals surface area contributed by atoms with Gasteiger partial charge in [-0.05, 0) is 42.3 Å². The highest BCUT2D eigenvalue weighted by molar-refractivity contribution is 7.94. The van der Waals surface area contributed by atoms with E-state index in [2.05, 4.69) is 30.9 Å². The molecule has 0 aliphatic carbocycles. The van der Waals surface area contributed by atoms with E-state index in [4.69, 9.17) is 10.9 Å². The Balaban J connectivity index is 1.90. The molecular weight excluding hydrogens is 500 g/mol. The van der Waals surface area contributed by atoms with Crippen LogP contribution in [0.2, 0.25) is 0 Å². The molecule has 2 aromatic carbocycles. The van der Waals surface area contributed by atoms with Crippen molar-refractivity contribution in [1.29, 1.82) is 0 Å². The van der Waals surface area contributed by atoms with Crippen molar-refractivity contribution in [2.45, 2.75) is 28.4 Å². The van der Waals surface area contributed by atoms with Crippen LogP contribution in [0.25, 0.3) is 32.7 Å². The van der Waals surface area contributed by atoms with E-state index in [1.54, 1.807) is 6.07 Å². The molecule has 0 amide bonds. The van der Waals surface area contributed by atoms with Crippen LogP contribution in [0.5, 0.6) is 0 Å². The van der Waals surface area contributed by atoms with Gasteiger partial charge in [0.15, 0.2) is 15.0 Å². The fourth-order valence-corrected chi connectivity index (χ4v) is 8.32. The molecule has 5 rings (SSSR count). The first-order valence-electron chi connectivity index (χ1n) is 10.1. The monoisotopic (exact) mass is 520 g/mol. The van der Waals surface area contributed by atoms with E-state index >= 15 is 0 Å². The summed E-state index contributed by atoms with van der Waals surface area (Å²) in [5.74, 6) is -0.113. The summed E-state index contributed by atoms with van der Waals surface area (Å²) < 4.78 is 53.6. The number of sulfonamides is 1. The van der Waals surface area contributed by atoms with Gasteiger partial charge in [-0.1, -0.05) is 29.5 Å². The number of thiazole rings is 1. The van der Waals surface area contributed by atoms with E-state index in [9.17, 15) is 16.8 Å². The number of nitrogens with zero attached hydrogens (tertiary/aromatic N) is 4. The summed E-state index contributed by atoms with van der Waals surface area (Å²) in [5, 5.41) is 21.9. The molecule has 1 fully saturated rings. The Morgan fingerprint density at radius 2 is 1.88 bits per heavy atom. The lowest BCUT2D eigenvalue weighted by Gasteiger charge is -2.18. The zero-order chi connectivity index (χ0) is 24.3. The van der Waals surface area contributed by atoms with Crippen LogP contribution in [0.15, 0.2) is 34.1 Å². The molecule has 1 saturated heterocycles. The number of aromatic amines is 1. The van der Waals surface area contributed by atoms with Crippen molar-refractivity contribution in [2.24, 2.45) is 5.14 Å². The maximum absolute atomic E-state index is 13.5. The molecule has 6 N–H and O–H groups in total. The number of nitrogen functional groups attached to an aromatic ring is 1. The maximum atomic E-state index is 13.5. The number of hydrogen-bond donors (Lipinski definition) is 4. The van der Waals surface area contributed by atoms with Crippen molar-refractivity contribution in [3.8, 4) is 22.5 Å². The summed E-state index contributed by atoms with van der Waals surface area (Å²) in [5.41, 5.74) is 8.24. The minimum Gasteiger partial charge on any atom is -0.375 e. The molecular formula is C19H20N8O4S3. The second-order valence-corrected chi connectivity index (χ2v) is 12.6. The van der Waals surface area contributed by atoms with Gasteiger partial charge in [0.05, 0.1) is 25.9 Å². The number of sulfone groups is 1. The lowest BCUT2D eigenvalue weighted by Crippen LogP contribution is -2.27. The average Bonchev–Trinajstić information content (AvgIpc) is 3.54. The van der Waals surface area contributed by atoms with Gasteiger partial charge >= 0.3 is 0 Å². The summed E-state index contributed by atoms with van der Waals surface area (Å²) in [6.07, 6.45) is 0.350. The first-order chi connectivity index (χ1) is 16.1. The van der Waals surface area contributed by atoms with E-state index in [-0.39, 0.29) is 17.9 Å². The molecule has 34 heavy (non-hydrogen) atoms. The number of rotatable bonds is 5. The van der Waals surface area contributed by atoms with Gasteiger partial charge in [-0.2, -0.15) is 5.21 Å². The largest absolute Gasteiger partial charge is 0.375 e. The third-order valence-corrected chi connectivity index (χ3v) is 10.2. The zero-order valence-corrected chi connectivity index (χ0v) is 20.3. The Labute approximate surface area is 198 Å². The normalized spacial score (nSPS) is 16.9. The van der Waals surface area contributed by atoms with Gasteiger partial charge in [0.2, 0.25) is 15.8 Å². The highest BCUT2D eigenvalue weighted by Gasteiger charge is 2.37. The average molecular weight is 521 g/mol. The number of nitrogens with one attached hydrogen (secondary N) is 2. The number of anilines is 1. The number of nitrogens with two attached hydrogens (primary N) is 2. The molecule has 0 spiro atoms. The second-order valence-electron chi connectivity index (χ2n) is 7.92. The van der Waals surface area contributed by atoms with Crippen molar-refractivity contribution >= 4 is 46.5 Å². The molecule has 178 valence electrons. The molecule has 2 aromatic heterocycles. The van der Waals surface area contributed by atoms with Gasteiger partial charge in [-0.3, -0.25) is 0 Å². The lowest BCUT2D eigenvalue weighted by molar-refractivity contribution is 0.574. The van der Waals surface area contributed by atoms with E-state index in [0.29, 0.717) is 34.7 Å². The van der Waals surface area contributed by atoms with Gasteiger partial charge in [0.25, 0.3) is 0 Å². The van der Waals surface area contributed by atoms with Crippen LogP contribution < -0.4 is 16.2 Å². The van der Waals surface area contributed by atoms with Crippen LogP contribution >= 0.6 is 11.3 Å². The molecule has 1 aliphatic heterocycles. The van der Waals surface area contributed by atoms with Crippen LogP contribution in [-0.2, 0) is 19.9 Å². The Hall–Kier alpha value is -2.98. The van der Waals surface area contributed by atoms with Crippen LogP contribution in [0.3, 0.4) is 0 Å². The van der Waals surface area contributed by atoms with Crippen molar-refractivity contribution in [3.05, 3.63) is 29.8 Å². The number of aromatic nitrogens is 5. The molecule has 1 aliphatic rings. The number of aryl methyl sites for hydroxylation is 1. The van der Waals surface area contributed by atoms with Crippen molar-refractivity contribution in [2.75, 3.05) is 18.8 Å². The first kappa shape index (κ1) is 22.8. The molecule has 0 saturated carbocycles. The maximum Gasteiger partial charge on any atom is 0.240 e. The van der Waals surface area contributed by atoms with Gasteiger partial charge in [0.1, 0.15) is 4.90 Å². The third-order valence-electron chi connectivity index (χ3n) is 5.78. The number of H-pyrrole nitrogens is 1. The number of tetrazole rings is 1. The lowest BCUT2D eigenvalue weighted by atomic mass is 9.97. The van der Waals surface area contributed by atoms with Crippen molar-refractivity contribution < 1.29 is 16.8 Å². The third kappa shape index (κ3) is 3.65. The van der Waals surface area contributed by atoms with Crippen LogP contribution in [0.1, 0.15) is 12.0 Å². The summed E-state index contributed by atoms with van der Waals surface area (Å²) in [6, 6.07) is 6.40. The number of fused-ring (bicyclic) bond motifs is 1. The molecule has 12 nitrogen and oxygen atoms in total. The summed E-state index contributed by atoms with van der Waals surface area (Å²) in [7, 11) is -8.60. The smallest absolute Gasteiger partial charge is 0.240 e. The molecule has 1 atom stereocenters. The standard InChI is InChI=1S/C19H20N8O4S3/c1-9-2-3-12(15-16(9)32-19(20)23-15)11-4-5-13(33(28,29)10-6-7-22-8-10)17(34(21,30)31)14(11)18-24-26-27-25-18/h2-5,10,22H,6-8H2,1H3,(H2,20,23)(H2,21,30,31)(H,24,25,26,27). The fourth-order valence-electron chi connectivity index (χ4n) is 4.22. The number of primary sulfonamides is 1. The predicted octanol–water partition coefficient (Wildman–Crippen LogP) is 0.817. The van der Waals surface area contributed by atoms with E-state index < -0.39 is 34.9 Å². The van der Waals surface area contributed by atoms with Crippen molar-refractivity contribution in [1.82, 2.24) is 30.9 Å². The van der Waals surface area contributed by atoms with E-state index in [1.807, 2.05) is 13.0 Å². The summed E-state index contributed by atoms with van der Waals surface area (Å²) in [4.78, 5) is 3.45. The topological polar surface area (TPSA) is 200 Å². The van der Waals surface area contributed by atoms with Gasteiger partial charge < -0.3 is 11.1 Å². The highest BCUT2D eigenvalue weighted by Crippen LogP contribution is 2.43. The number of benzene rings is 2. The molecule has 15 heteroatoms. The summed E-state index contributed by atoms with van der Waals surface area (Å²) in [6.45, 7) is 2.63. The van der Waals surface area contributed by atoms with Gasteiger partial charge in [-0.25, -0.2) is 27.0 Å². The van der Waals surface area contributed by atoms with E-state index in [1.165, 1.54) is 23.5 Å². The first-order valence-corrected chi connectivity index (χ1v) is 14.0. The molecule has 4 aromatic rings. The Morgan fingerprint density at radius 3 is 2.53 bits per heavy atom. The molecule has 0 bridgehead atoms. The molecule has 0 radical (unpaired) electrons. The Kier molecular flexibility index (Phi) is 5.40. The van der Waals surface area contributed by atoms with Crippen molar-refractivity contribution in [3.63, 3.8) is 0 Å². The van der Waals surface area contributed by atoms with Crippen LogP contribution in [0, 0.1) is 6.92 Å². The quantitative estimate of drug-likeness (QED) is 0.292. The minimum absolute atomic E-state index is 0.0694. The van der Waals surface area contributed by atoms with E-state index in [0.717, 1.165) is 10.3 Å². The fraction of sp³-hybridized carbons (Fsp3) is 0.263. The Bertz CT molecular complexity index is 1620. The molecule has 3 heterocycles. The Morgan fingerprint density at radius 1 is 1.12 bits per heavy atom. The number of hydrogen-bond acceptors (Lipinski definition) is 11. The zero-order valence-electron chi connectivity index (χ0n) is 17.8.